The summed E-state index contributed by atoms with van der Waals surface area (Å²) in [6.45, 7) is 5.61. The van der Waals surface area contributed by atoms with Crippen LogP contribution >= 0.6 is 0 Å². The highest BCUT2D eigenvalue weighted by Crippen LogP contribution is 2.64. The Kier molecular flexibility index (Phi) is 5.25. The van der Waals surface area contributed by atoms with Crippen molar-refractivity contribution in [2.45, 2.75) is 78.2 Å². The molecular formula is C27H39NO. The topological polar surface area (TPSA) is 29.1 Å². The zero-order valence-electron chi connectivity index (χ0n) is 18.4. The van der Waals surface area contributed by atoms with E-state index in [4.69, 9.17) is 0 Å². The summed E-state index contributed by atoms with van der Waals surface area (Å²) in [4.78, 5) is 13.2. The van der Waals surface area contributed by atoms with E-state index >= 15 is 0 Å². The van der Waals surface area contributed by atoms with Gasteiger partial charge in [-0.25, -0.2) is 0 Å². The van der Waals surface area contributed by atoms with Crippen molar-refractivity contribution in [2.24, 2.45) is 46.8 Å². The average Bonchev–Trinajstić information content (AvgIpc) is 3.09. The number of hydrogen-bond acceptors (Lipinski definition) is 1. The second-order valence-corrected chi connectivity index (χ2v) is 11.2. The van der Waals surface area contributed by atoms with Gasteiger partial charge >= 0.3 is 0 Å². The Labute approximate surface area is 177 Å². The molecule has 2 nitrogen and oxygen atoms in total. The van der Waals surface area contributed by atoms with E-state index < -0.39 is 0 Å². The van der Waals surface area contributed by atoms with Crippen LogP contribution in [-0.2, 0) is 11.3 Å². The molecule has 4 aliphatic rings. The Bertz CT molecular complexity index is 729. The van der Waals surface area contributed by atoms with Gasteiger partial charge in [-0.2, -0.15) is 0 Å². The van der Waals surface area contributed by atoms with Crippen LogP contribution in [0, 0.1) is 46.8 Å². The van der Waals surface area contributed by atoms with Crippen LogP contribution in [0.3, 0.4) is 0 Å². The number of fused-ring (bicyclic) bond motifs is 5. The molecule has 0 heterocycles. The number of rotatable bonds is 3. The third-order valence-corrected chi connectivity index (χ3v) is 9.84. The highest BCUT2D eigenvalue weighted by molar-refractivity contribution is 5.80. The van der Waals surface area contributed by atoms with Gasteiger partial charge in [-0.3, -0.25) is 4.79 Å². The van der Waals surface area contributed by atoms with Crippen LogP contribution in [0.5, 0.6) is 0 Å². The first-order valence-electron chi connectivity index (χ1n) is 12.4. The van der Waals surface area contributed by atoms with E-state index in [1.54, 1.807) is 0 Å². The average molecular weight is 394 g/mol. The molecule has 0 aromatic heterocycles. The van der Waals surface area contributed by atoms with E-state index in [0.717, 1.165) is 41.9 Å². The smallest absolute Gasteiger partial charge is 0.223 e. The van der Waals surface area contributed by atoms with Crippen LogP contribution in [-0.4, -0.2) is 5.91 Å². The number of nitrogens with one attached hydrogen (secondary N) is 1. The molecule has 1 N–H and O–H groups in total. The van der Waals surface area contributed by atoms with Crippen LogP contribution in [0.1, 0.15) is 77.2 Å². The van der Waals surface area contributed by atoms with E-state index in [2.05, 4.69) is 43.4 Å². The van der Waals surface area contributed by atoms with E-state index in [1.165, 1.54) is 56.9 Å². The normalized spacial score (nSPS) is 43.7. The summed E-state index contributed by atoms with van der Waals surface area (Å²) in [6, 6.07) is 10.4. The first kappa shape index (κ1) is 19.6. The van der Waals surface area contributed by atoms with Gasteiger partial charge < -0.3 is 5.32 Å². The van der Waals surface area contributed by atoms with Gasteiger partial charge in [0.15, 0.2) is 0 Å². The molecule has 29 heavy (non-hydrogen) atoms. The molecule has 4 fully saturated rings. The maximum Gasteiger partial charge on any atom is 0.223 e. The fourth-order valence-corrected chi connectivity index (χ4v) is 8.43. The highest BCUT2D eigenvalue weighted by Gasteiger charge is 2.58. The van der Waals surface area contributed by atoms with Crippen LogP contribution in [0.4, 0.5) is 0 Å². The Hall–Kier alpha value is -1.31. The van der Waals surface area contributed by atoms with Gasteiger partial charge in [-0.05, 0) is 97.9 Å². The Morgan fingerprint density at radius 1 is 0.966 bits per heavy atom. The summed E-state index contributed by atoms with van der Waals surface area (Å²) in [6.07, 6.45) is 12.4. The Morgan fingerprint density at radius 2 is 1.76 bits per heavy atom. The molecule has 8 atom stereocenters. The van der Waals surface area contributed by atoms with E-state index in [-0.39, 0.29) is 11.3 Å². The first-order chi connectivity index (χ1) is 14.1. The third kappa shape index (κ3) is 3.45. The molecule has 0 bridgehead atoms. The van der Waals surface area contributed by atoms with Gasteiger partial charge in [-0.15, -0.1) is 0 Å². The number of carbonyl (C=O) groups is 1. The van der Waals surface area contributed by atoms with Crippen molar-refractivity contribution < 1.29 is 4.79 Å². The van der Waals surface area contributed by atoms with Gasteiger partial charge in [0.2, 0.25) is 5.91 Å². The molecule has 4 aliphatic carbocycles. The Balaban J connectivity index is 1.27. The van der Waals surface area contributed by atoms with E-state index in [0.29, 0.717) is 12.5 Å². The van der Waals surface area contributed by atoms with Gasteiger partial charge in [0.1, 0.15) is 0 Å². The maximum absolute atomic E-state index is 13.2. The predicted octanol–water partition coefficient (Wildman–Crippen LogP) is 6.21. The van der Waals surface area contributed by atoms with Crippen molar-refractivity contribution in [3.05, 3.63) is 35.9 Å². The van der Waals surface area contributed by atoms with Gasteiger partial charge in [0.25, 0.3) is 0 Å². The van der Waals surface area contributed by atoms with Crippen molar-refractivity contribution in [2.75, 3.05) is 0 Å². The lowest BCUT2D eigenvalue weighted by molar-refractivity contribution is -0.132. The molecule has 7 unspecified atom stereocenters. The summed E-state index contributed by atoms with van der Waals surface area (Å²) in [5.74, 6) is 6.15. The molecular weight excluding hydrogens is 354 g/mol. The standard InChI is InChI=1S/C27H39NO/c1-18-8-10-21-20(16-18)9-11-23-22(21)14-15-27(2)24(23)12-13-25(27)26(29)28-17-19-6-4-3-5-7-19/h3-7,18,20-25H,8-17H2,1-2H3,(H,28,29)/t18?,20?,21?,22?,23?,24?,25-,27?/m1/s1. The zero-order chi connectivity index (χ0) is 20.0. The van der Waals surface area contributed by atoms with Crippen LogP contribution < -0.4 is 5.32 Å². The molecule has 4 saturated carbocycles. The van der Waals surface area contributed by atoms with Crippen LogP contribution in [0.2, 0.25) is 0 Å². The number of benzene rings is 1. The van der Waals surface area contributed by atoms with Crippen molar-refractivity contribution in [3.8, 4) is 0 Å². The zero-order valence-corrected chi connectivity index (χ0v) is 18.4. The minimum absolute atomic E-state index is 0.223. The lowest BCUT2D eigenvalue weighted by Crippen LogP contribution is -2.50. The monoisotopic (exact) mass is 393 g/mol. The quantitative estimate of drug-likeness (QED) is 0.650. The fraction of sp³-hybridized carbons (Fsp3) is 0.741. The molecule has 0 aliphatic heterocycles. The Morgan fingerprint density at radius 3 is 2.59 bits per heavy atom. The molecule has 158 valence electrons. The minimum atomic E-state index is 0.223. The lowest BCUT2D eigenvalue weighted by Gasteiger charge is -2.56. The largest absolute Gasteiger partial charge is 0.352 e. The summed E-state index contributed by atoms with van der Waals surface area (Å²) < 4.78 is 0. The summed E-state index contributed by atoms with van der Waals surface area (Å²) in [7, 11) is 0. The summed E-state index contributed by atoms with van der Waals surface area (Å²) >= 11 is 0. The summed E-state index contributed by atoms with van der Waals surface area (Å²) in [5.41, 5.74) is 1.44. The molecule has 5 rings (SSSR count). The molecule has 0 radical (unpaired) electrons. The first-order valence-corrected chi connectivity index (χ1v) is 12.4. The van der Waals surface area contributed by atoms with E-state index in [9.17, 15) is 4.79 Å². The molecule has 0 saturated heterocycles. The van der Waals surface area contributed by atoms with E-state index in [1.807, 2.05) is 6.07 Å². The minimum Gasteiger partial charge on any atom is -0.352 e. The number of hydrogen-bond donors (Lipinski definition) is 1. The molecule has 0 spiro atoms. The third-order valence-electron chi connectivity index (χ3n) is 9.84. The second kappa shape index (κ2) is 7.75. The maximum atomic E-state index is 13.2. The molecule has 1 aromatic carbocycles. The highest BCUT2D eigenvalue weighted by atomic mass is 16.1. The fourth-order valence-electron chi connectivity index (χ4n) is 8.43. The van der Waals surface area contributed by atoms with Crippen molar-refractivity contribution in [1.29, 1.82) is 0 Å². The lowest BCUT2D eigenvalue weighted by atomic mass is 9.49. The van der Waals surface area contributed by atoms with Gasteiger partial charge in [0, 0.05) is 12.5 Å². The molecule has 2 heteroatoms. The number of amides is 1. The summed E-state index contributed by atoms with van der Waals surface area (Å²) in [5, 5.41) is 3.28. The predicted molar refractivity (Wildman–Crippen MR) is 118 cm³/mol. The van der Waals surface area contributed by atoms with Crippen molar-refractivity contribution >= 4 is 5.91 Å². The van der Waals surface area contributed by atoms with Crippen LogP contribution in [0.25, 0.3) is 0 Å². The van der Waals surface area contributed by atoms with Crippen molar-refractivity contribution in [1.82, 2.24) is 5.32 Å². The van der Waals surface area contributed by atoms with Gasteiger partial charge in [-0.1, -0.05) is 50.6 Å². The van der Waals surface area contributed by atoms with Crippen LogP contribution in [0.15, 0.2) is 30.3 Å². The molecule has 1 aromatic rings. The number of carbonyl (C=O) groups excluding carboxylic acids is 1. The second-order valence-electron chi connectivity index (χ2n) is 11.2. The van der Waals surface area contributed by atoms with Gasteiger partial charge in [0.05, 0.1) is 0 Å². The molecule has 1 amide bonds. The SMILES string of the molecule is CC1CCC2C(CCC3C2CCC2(C)C3CC[C@@H]2C(=O)NCc2ccccc2)C1. The van der Waals surface area contributed by atoms with Crippen molar-refractivity contribution in [3.63, 3.8) is 0 Å².